The molecular weight excluding hydrogens is 462 g/mol. The van der Waals surface area contributed by atoms with Crippen molar-refractivity contribution in [3.63, 3.8) is 0 Å². The lowest BCUT2D eigenvalue weighted by Crippen LogP contribution is -2.51. The number of hydrogen-bond donors (Lipinski definition) is 1. The minimum Gasteiger partial charge on any atom is -0.354 e. The average Bonchev–Trinajstić information content (AvgIpc) is 2.85. The molecule has 8 heteroatoms. The van der Waals surface area contributed by atoms with Gasteiger partial charge in [-0.1, -0.05) is 80.1 Å². The Morgan fingerprint density at radius 3 is 2.29 bits per heavy atom. The smallest absolute Gasteiger partial charge is 0.244 e. The van der Waals surface area contributed by atoms with E-state index in [4.69, 9.17) is 0 Å². The van der Waals surface area contributed by atoms with Crippen LogP contribution in [0.3, 0.4) is 0 Å². The Bertz CT molecular complexity index is 1260. The standard InChI is InChI=1S/C27H33N3O4S/c1-4-5-18-28-27(32)21(2)29(19-22-12-7-6-8-13-22)26(31)20-30(35(3,33)34)25-17-11-15-23-14-9-10-16-24(23)25/h6-17,21H,4-5,18-20H2,1-3H3,(H,28,32)/t21-/m1/s1. The van der Waals surface area contributed by atoms with Gasteiger partial charge < -0.3 is 10.2 Å². The summed E-state index contributed by atoms with van der Waals surface area (Å²) < 4.78 is 26.8. The topological polar surface area (TPSA) is 86.8 Å². The second-order valence-electron chi connectivity index (χ2n) is 8.60. The molecule has 0 bridgehead atoms. The molecule has 0 aliphatic rings. The molecule has 2 amide bonds. The highest BCUT2D eigenvalue weighted by Crippen LogP contribution is 2.28. The van der Waals surface area contributed by atoms with Gasteiger partial charge in [0.05, 0.1) is 11.9 Å². The average molecular weight is 496 g/mol. The van der Waals surface area contributed by atoms with E-state index in [1.165, 1.54) is 4.90 Å². The Balaban J connectivity index is 1.94. The Hall–Kier alpha value is -3.39. The molecule has 0 saturated carbocycles. The minimum absolute atomic E-state index is 0.190. The zero-order valence-corrected chi connectivity index (χ0v) is 21.3. The number of hydrogen-bond acceptors (Lipinski definition) is 4. The van der Waals surface area contributed by atoms with E-state index in [1.54, 1.807) is 19.1 Å². The number of benzene rings is 3. The van der Waals surface area contributed by atoms with Gasteiger partial charge in [-0.25, -0.2) is 8.42 Å². The van der Waals surface area contributed by atoms with Crippen LogP contribution in [-0.2, 0) is 26.2 Å². The van der Waals surface area contributed by atoms with E-state index in [2.05, 4.69) is 5.32 Å². The minimum atomic E-state index is -3.79. The van der Waals surface area contributed by atoms with Crippen molar-refractivity contribution in [2.24, 2.45) is 0 Å². The summed E-state index contributed by atoms with van der Waals surface area (Å²) in [6.45, 7) is 4.01. The fraction of sp³-hybridized carbons (Fsp3) is 0.333. The van der Waals surface area contributed by atoms with Crippen LogP contribution in [0.4, 0.5) is 5.69 Å². The van der Waals surface area contributed by atoms with Crippen molar-refractivity contribution < 1.29 is 18.0 Å². The summed E-state index contributed by atoms with van der Waals surface area (Å²) in [6.07, 6.45) is 2.87. The van der Waals surface area contributed by atoms with Gasteiger partial charge in [0.1, 0.15) is 12.6 Å². The van der Waals surface area contributed by atoms with Gasteiger partial charge in [0, 0.05) is 18.5 Å². The molecule has 0 spiro atoms. The first-order valence-electron chi connectivity index (χ1n) is 11.8. The molecule has 1 atom stereocenters. The zero-order valence-electron chi connectivity index (χ0n) is 20.5. The largest absolute Gasteiger partial charge is 0.354 e. The van der Waals surface area contributed by atoms with E-state index in [0.29, 0.717) is 12.2 Å². The van der Waals surface area contributed by atoms with E-state index in [-0.39, 0.29) is 12.5 Å². The van der Waals surface area contributed by atoms with Crippen LogP contribution in [0.2, 0.25) is 0 Å². The monoisotopic (exact) mass is 495 g/mol. The second kappa shape index (κ2) is 11.8. The van der Waals surface area contributed by atoms with Gasteiger partial charge in [-0.2, -0.15) is 0 Å². The van der Waals surface area contributed by atoms with Crippen molar-refractivity contribution in [3.8, 4) is 0 Å². The fourth-order valence-corrected chi connectivity index (χ4v) is 4.78. The highest BCUT2D eigenvalue weighted by atomic mass is 32.2. The first-order chi connectivity index (χ1) is 16.7. The molecule has 3 aromatic rings. The molecule has 3 aromatic carbocycles. The first-order valence-corrected chi connectivity index (χ1v) is 13.6. The Labute approximate surface area is 207 Å². The maximum Gasteiger partial charge on any atom is 0.244 e. The van der Waals surface area contributed by atoms with E-state index < -0.39 is 28.5 Å². The van der Waals surface area contributed by atoms with Crippen LogP contribution in [0.1, 0.15) is 32.3 Å². The molecule has 7 nitrogen and oxygen atoms in total. The highest BCUT2D eigenvalue weighted by molar-refractivity contribution is 7.92. The SMILES string of the molecule is CCCCNC(=O)[C@@H](C)N(Cc1ccccc1)C(=O)CN(c1cccc2ccccc12)S(C)(=O)=O. The molecule has 0 aromatic heterocycles. The third-order valence-corrected chi connectivity index (χ3v) is 7.03. The Morgan fingerprint density at radius 2 is 1.60 bits per heavy atom. The maximum atomic E-state index is 13.6. The van der Waals surface area contributed by atoms with Crippen molar-refractivity contribution in [2.75, 3.05) is 23.7 Å². The van der Waals surface area contributed by atoms with Crippen molar-refractivity contribution in [1.82, 2.24) is 10.2 Å². The molecule has 0 unspecified atom stereocenters. The van der Waals surface area contributed by atoms with Gasteiger partial charge in [-0.3, -0.25) is 13.9 Å². The molecule has 0 heterocycles. The second-order valence-corrected chi connectivity index (χ2v) is 10.5. The van der Waals surface area contributed by atoms with E-state index in [9.17, 15) is 18.0 Å². The molecule has 0 aliphatic heterocycles. The van der Waals surface area contributed by atoms with Gasteiger partial charge in [-0.15, -0.1) is 0 Å². The predicted molar refractivity (Wildman–Crippen MR) is 141 cm³/mol. The molecule has 0 radical (unpaired) electrons. The lowest BCUT2D eigenvalue weighted by Gasteiger charge is -2.31. The molecule has 1 N–H and O–H groups in total. The number of anilines is 1. The lowest BCUT2D eigenvalue weighted by molar-refractivity contribution is -0.139. The van der Waals surface area contributed by atoms with Gasteiger partial charge in [0.2, 0.25) is 21.8 Å². The van der Waals surface area contributed by atoms with E-state index in [0.717, 1.165) is 39.7 Å². The van der Waals surface area contributed by atoms with Crippen LogP contribution < -0.4 is 9.62 Å². The van der Waals surface area contributed by atoms with Gasteiger partial charge >= 0.3 is 0 Å². The van der Waals surface area contributed by atoms with Gasteiger partial charge in [0.25, 0.3) is 0 Å². The Kier molecular flexibility index (Phi) is 8.87. The van der Waals surface area contributed by atoms with Gasteiger partial charge in [0.15, 0.2) is 0 Å². The van der Waals surface area contributed by atoms with Crippen molar-refractivity contribution in [2.45, 2.75) is 39.3 Å². The number of unbranched alkanes of at least 4 members (excludes halogenated alkanes) is 1. The third kappa shape index (κ3) is 6.82. The quantitative estimate of drug-likeness (QED) is 0.408. The summed E-state index contributed by atoms with van der Waals surface area (Å²) in [5, 5.41) is 4.48. The van der Waals surface area contributed by atoms with E-state index in [1.807, 2.05) is 67.6 Å². The number of carbonyl (C=O) groups excluding carboxylic acids is 2. The summed E-state index contributed by atoms with van der Waals surface area (Å²) in [4.78, 5) is 27.9. The van der Waals surface area contributed by atoms with Gasteiger partial charge in [-0.05, 0) is 30.4 Å². The molecule has 0 saturated heterocycles. The zero-order chi connectivity index (χ0) is 25.4. The Morgan fingerprint density at radius 1 is 0.943 bits per heavy atom. The number of rotatable bonds is 11. The molecular formula is C27H33N3O4S. The first kappa shape index (κ1) is 26.2. The number of sulfonamides is 1. The van der Waals surface area contributed by atoms with E-state index >= 15 is 0 Å². The van der Waals surface area contributed by atoms with Crippen LogP contribution in [-0.4, -0.2) is 50.5 Å². The molecule has 0 fully saturated rings. The molecule has 186 valence electrons. The third-order valence-electron chi connectivity index (χ3n) is 5.91. The summed E-state index contributed by atoms with van der Waals surface area (Å²) >= 11 is 0. The highest BCUT2D eigenvalue weighted by Gasteiger charge is 2.30. The lowest BCUT2D eigenvalue weighted by atomic mass is 10.1. The van der Waals surface area contributed by atoms with Crippen molar-refractivity contribution in [1.29, 1.82) is 0 Å². The number of carbonyl (C=O) groups is 2. The van der Waals surface area contributed by atoms with Crippen LogP contribution in [0, 0.1) is 0 Å². The fourth-order valence-electron chi connectivity index (χ4n) is 3.92. The number of nitrogens with one attached hydrogen (secondary N) is 1. The summed E-state index contributed by atoms with van der Waals surface area (Å²) in [5.41, 5.74) is 1.28. The predicted octanol–water partition coefficient (Wildman–Crippen LogP) is 3.94. The summed E-state index contributed by atoms with van der Waals surface area (Å²) in [7, 11) is -3.79. The molecule has 3 rings (SSSR count). The van der Waals surface area contributed by atoms with Crippen LogP contribution in [0.15, 0.2) is 72.8 Å². The van der Waals surface area contributed by atoms with Crippen LogP contribution >= 0.6 is 0 Å². The molecule has 0 aliphatic carbocycles. The normalized spacial score (nSPS) is 12.2. The number of fused-ring (bicyclic) bond motifs is 1. The van der Waals surface area contributed by atoms with Crippen LogP contribution in [0.5, 0.6) is 0 Å². The van der Waals surface area contributed by atoms with Crippen molar-refractivity contribution >= 4 is 38.3 Å². The maximum absolute atomic E-state index is 13.6. The number of amides is 2. The van der Waals surface area contributed by atoms with Crippen LogP contribution in [0.25, 0.3) is 10.8 Å². The van der Waals surface area contributed by atoms with Crippen molar-refractivity contribution in [3.05, 3.63) is 78.4 Å². The molecule has 35 heavy (non-hydrogen) atoms. The summed E-state index contributed by atoms with van der Waals surface area (Å²) in [6, 6.07) is 21.4. The number of nitrogens with zero attached hydrogens (tertiary/aromatic N) is 2. The summed E-state index contributed by atoms with van der Waals surface area (Å²) in [5.74, 6) is -0.718.